The fraction of sp³-hybridized carbons (Fsp3) is 0.800. The summed E-state index contributed by atoms with van der Waals surface area (Å²) in [6, 6.07) is -1.36. The van der Waals surface area contributed by atoms with Gasteiger partial charge in [-0.25, -0.2) is 0 Å². The summed E-state index contributed by atoms with van der Waals surface area (Å²) in [6.07, 6.45) is 2.96. The molecule has 2 unspecified atom stereocenters. The number of carboxylic acid groups (broad SMARTS) is 1. The number of rotatable bonds is 10. The molecule has 0 aromatic carbocycles. The smallest absolute Gasteiger partial charge is 0.308 e. The van der Waals surface area contributed by atoms with Gasteiger partial charge in [0.05, 0.1) is 42.4 Å². The first-order valence-corrected chi connectivity index (χ1v) is 13.5. The summed E-state index contributed by atoms with van der Waals surface area (Å²) in [6.45, 7) is 13.8. The predicted octanol–water partition coefficient (Wildman–Crippen LogP) is 0.916. The van der Waals surface area contributed by atoms with Gasteiger partial charge in [0.1, 0.15) is 6.04 Å². The Bertz CT molecular complexity index is 864. The largest absolute Gasteiger partial charge is 0.481 e. The molecule has 2 N–H and O–H groups in total. The van der Waals surface area contributed by atoms with Crippen LogP contribution in [0.15, 0.2) is 12.7 Å². The fourth-order valence-electron chi connectivity index (χ4n) is 6.70. The number of carboxylic acids is 1. The van der Waals surface area contributed by atoms with E-state index in [0.717, 1.165) is 13.1 Å². The Morgan fingerprint density at radius 1 is 1.31 bits per heavy atom. The highest BCUT2D eigenvalue weighted by Gasteiger charge is 2.78. The highest BCUT2D eigenvalue weighted by molar-refractivity contribution is 8.02. The van der Waals surface area contributed by atoms with Gasteiger partial charge in [0.2, 0.25) is 11.8 Å². The second-order valence-electron chi connectivity index (χ2n) is 10.8. The Hall–Kier alpha value is -1.62. The van der Waals surface area contributed by atoms with Crippen LogP contribution >= 0.6 is 11.8 Å². The van der Waals surface area contributed by atoms with E-state index in [9.17, 15) is 24.6 Å². The van der Waals surface area contributed by atoms with Crippen LogP contribution in [0.3, 0.4) is 0 Å². The maximum Gasteiger partial charge on any atom is 0.308 e. The molecule has 10 heteroatoms. The molecule has 4 heterocycles. The molecule has 196 valence electrons. The standard InChI is InChI=1S/C25H39N3O6S/c1-5-8-27(10-9-26-11-13-34-14-12-26)22(31)20-25-7-6-24(4,35-25)19(23(32)33)18(25)21(30)28(20)17(15-29)16(2)3/h5,16-20,29H,1,6-15H2,2-4H3,(H,32,33)/t17-,18-,19-,20?,24+,25?/m0/s1. The minimum Gasteiger partial charge on any atom is -0.481 e. The first-order valence-electron chi connectivity index (χ1n) is 12.7. The monoisotopic (exact) mass is 509 g/mol. The van der Waals surface area contributed by atoms with E-state index in [2.05, 4.69) is 11.5 Å². The van der Waals surface area contributed by atoms with Crippen molar-refractivity contribution in [3.05, 3.63) is 12.7 Å². The number of likely N-dealkylation sites (tertiary alicyclic amines) is 1. The van der Waals surface area contributed by atoms with Gasteiger partial charge in [-0.3, -0.25) is 19.3 Å². The van der Waals surface area contributed by atoms with E-state index in [1.807, 2.05) is 20.8 Å². The van der Waals surface area contributed by atoms with Gasteiger partial charge in [-0.1, -0.05) is 19.9 Å². The first-order chi connectivity index (χ1) is 16.6. The third kappa shape index (κ3) is 4.30. The van der Waals surface area contributed by atoms with E-state index in [-0.39, 0.29) is 24.3 Å². The van der Waals surface area contributed by atoms with Gasteiger partial charge in [0.25, 0.3) is 0 Å². The first kappa shape index (κ1) is 26.4. The molecule has 4 rings (SSSR count). The molecule has 0 aliphatic carbocycles. The fourth-order valence-corrected chi connectivity index (χ4v) is 9.03. The predicted molar refractivity (Wildman–Crippen MR) is 133 cm³/mol. The molecule has 2 amide bonds. The van der Waals surface area contributed by atoms with E-state index in [1.165, 1.54) is 11.8 Å². The maximum absolute atomic E-state index is 14.3. The van der Waals surface area contributed by atoms with Gasteiger partial charge < -0.3 is 24.7 Å². The average molecular weight is 510 g/mol. The van der Waals surface area contributed by atoms with Crippen molar-refractivity contribution >= 4 is 29.5 Å². The van der Waals surface area contributed by atoms with Crippen molar-refractivity contribution in [2.45, 2.75) is 55.2 Å². The van der Waals surface area contributed by atoms with E-state index < -0.39 is 39.4 Å². The van der Waals surface area contributed by atoms with Crippen molar-refractivity contribution in [2.24, 2.45) is 17.8 Å². The normalized spacial score (nSPS) is 35.4. The van der Waals surface area contributed by atoms with E-state index in [4.69, 9.17) is 4.74 Å². The number of nitrogens with zero attached hydrogens (tertiary/aromatic N) is 3. The minimum atomic E-state index is -0.978. The third-order valence-electron chi connectivity index (χ3n) is 8.48. The van der Waals surface area contributed by atoms with Crippen molar-refractivity contribution in [3.63, 3.8) is 0 Å². The van der Waals surface area contributed by atoms with Crippen molar-refractivity contribution in [2.75, 3.05) is 52.5 Å². The topological polar surface area (TPSA) is 111 Å². The van der Waals surface area contributed by atoms with Crippen LogP contribution in [0.2, 0.25) is 0 Å². The molecular weight excluding hydrogens is 470 g/mol. The summed E-state index contributed by atoms with van der Waals surface area (Å²) in [5, 5.41) is 20.4. The third-order valence-corrected chi connectivity index (χ3v) is 10.5. The molecule has 4 aliphatic heterocycles. The van der Waals surface area contributed by atoms with Gasteiger partial charge in [-0.2, -0.15) is 0 Å². The van der Waals surface area contributed by atoms with Crippen LogP contribution in [-0.2, 0) is 19.1 Å². The summed E-state index contributed by atoms with van der Waals surface area (Å²) < 4.78 is 4.05. The zero-order valence-corrected chi connectivity index (χ0v) is 21.8. The highest BCUT2D eigenvalue weighted by Crippen LogP contribution is 2.71. The minimum absolute atomic E-state index is 0.0863. The van der Waals surface area contributed by atoms with Crippen LogP contribution in [0, 0.1) is 17.8 Å². The van der Waals surface area contributed by atoms with Crippen molar-refractivity contribution in [3.8, 4) is 0 Å². The Kier molecular flexibility index (Phi) is 7.58. The SMILES string of the molecule is C=CCN(CCN1CCOCC1)C(=O)C1N([C@@H](CO)C(C)C)C(=O)[C@@H]2[C@@H](C(=O)O)[C@@]3(C)CCC12S3. The number of amides is 2. The summed E-state index contributed by atoms with van der Waals surface area (Å²) in [5.74, 6) is -3.15. The number of carbonyl (C=O) groups excluding carboxylic acids is 2. The van der Waals surface area contributed by atoms with Gasteiger partial charge in [-0.05, 0) is 25.7 Å². The van der Waals surface area contributed by atoms with Crippen LogP contribution in [0.4, 0.5) is 0 Å². The van der Waals surface area contributed by atoms with Crippen LogP contribution in [0.25, 0.3) is 0 Å². The Labute approximate surface area is 211 Å². The molecule has 0 saturated carbocycles. The molecule has 4 fully saturated rings. The molecule has 6 atom stereocenters. The summed E-state index contributed by atoms with van der Waals surface area (Å²) in [7, 11) is 0. The van der Waals surface area contributed by atoms with Crippen molar-refractivity contribution < 1.29 is 29.3 Å². The molecule has 9 nitrogen and oxygen atoms in total. The van der Waals surface area contributed by atoms with Crippen molar-refractivity contribution in [1.82, 2.24) is 14.7 Å². The van der Waals surface area contributed by atoms with Gasteiger partial charge >= 0.3 is 5.97 Å². The number of hydrogen-bond donors (Lipinski definition) is 2. The van der Waals surface area contributed by atoms with Crippen molar-refractivity contribution in [1.29, 1.82) is 0 Å². The summed E-state index contributed by atoms with van der Waals surface area (Å²) in [5.41, 5.74) is 0. The number of morpholine rings is 1. The molecule has 4 aliphatic rings. The molecule has 0 aromatic rings. The van der Waals surface area contributed by atoms with Gasteiger partial charge in [-0.15, -0.1) is 18.3 Å². The number of ether oxygens (including phenoxy) is 1. The van der Waals surface area contributed by atoms with E-state index >= 15 is 0 Å². The zero-order chi connectivity index (χ0) is 25.5. The molecule has 35 heavy (non-hydrogen) atoms. The van der Waals surface area contributed by atoms with Crippen LogP contribution in [0.5, 0.6) is 0 Å². The lowest BCUT2D eigenvalue weighted by Gasteiger charge is -2.41. The molecule has 0 aromatic heterocycles. The summed E-state index contributed by atoms with van der Waals surface area (Å²) in [4.78, 5) is 46.2. The van der Waals surface area contributed by atoms with Gasteiger partial charge in [0.15, 0.2) is 0 Å². The number of hydrogen-bond acceptors (Lipinski definition) is 7. The second kappa shape index (κ2) is 10.0. The Balaban J connectivity index is 1.70. The lowest BCUT2D eigenvalue weighted by Crippen LogP contribution is -2.59. The van der Waals surface area contributed by atoms with E-state index in [0.29, 0.717) is 45.7 Å². The second-order valence-corrected chi connectivity index (χ2v) is 12.7. The summed E-state index contributed by atoms with van der Waals surface area (Å²) >= 11 is 1.53. The van der Waals surface area contributed by atoms with Crippen LogP contribution < -0.4 is 0 Å². The average Bonchev–Trinajstić information content (AvgIpc) is 3.38. The molecule has 0 radical (unpaired) electrons. The molecule has 4 saturated heterocycles. The maximum atomic E-state index is 14.3. The molecule has 1 spiro atoms. The quantitative estimate of drug-likeness (QED) is 0.418. The highest BCUT2D eigenvalue weighted by atomic mass is 32.2. The number of carbonyl (C=O) groups is 3. The number of fused-ring (bicyclic) bond motifs is 1. The lowest BCUT2D eigenvalue weighted by molar-refractivity contribution is -0.151. The molecular formula is C25H39N3O6S. The van der Waals surface area contributed by atoms with Crippen LogP contribution in [0.1, 0.15) is 33.6 Å². The zero-order valence-electron chi connectivity index (χ0n) is 21.0. The van der Waals surface area contributed by atoms with Crippen LogP contribution in [-0.4, -0.2) is 117 Å². The Morgan fingerprint density at radius 3 is 2.57 bits per heavy atom. The number of aliphatic carboxylic acids is 1. The number of aliphatic hydroxyl groups excluding tert-OH is 1. The van der Waals surface area contributed by atoms with Gasteiger partial charge in [0, 0.05) is 37.5 Å². The molecule has 2 bridgehead atoms. The number of thioether (sulfide) groups is 1. The number of aliphatic hydroxyl groups is 1. The Morgan fingerprint density at radius 2 is 2.00 bits per heavy atom. The lowest BCUT2D eigenvalue weighted by atomic mass is 9.66. The van der Waals surface area contributed by atoms with E-state index in [1.54, 1.807) is 15.9 Å².